The standard InChI is InChI=1S/C13H15BrN2O3/c1-9-3-2-4-11(12(9)16(18)19)13(17)15-7-5-10(14)6-8-15/h2-4,10H,5-8H2,1H3. The van der Waals surface area contributed by atoms with Crippen LogP contribution in [0.5, 0.6) is 0 Å². The Kier molecular flexibility index (Phi) is 4.19. The number of alkyl halides is 1. The maximum atomic E-state index is 12.4. The molecule has 0 aliphatic carbocycles. The fraction of sp³-hybridized carbons (Fsp3) is 0.462. The molecule has 0 atom stereocenters. The predicted octanol–water partition coefficient (Wildman–Crippen LogP) is 2.90. The molecule has 0 saturated carbocycles. The molecule has 1 aromatic rings. The zero-order valence-corrected chi connectivity index (χ0v) is 12.2. The quantitative estimate of drug-likeness (QED) is 0.477. The number of hydrogen-bond donors (Lipinski definition) is 0. The Morgan fingerprint density at radius 3 is 2.63 bits per heavy atom. The minimum absolute atomic E-state index is 0.0755. The normalized spacial score (nSPS) is 16.4. The summed E-state index contributed by atoms with van der Waals surface area (Å²) in [4.78, 5) is 25.2. The average Bonchev–Trinajstić information content (AvgIpc) is 2.38. The number of hydrogen-bond acceptors (Lipinski definition) is 3. The van der Waals surface area contributed by atoms with Crippen LogP contribution < -0.4 is 0 Å². The number of halogens is 1. The van der Waals surface area contributed by atoms with Gasteiger partial charge in [0, 0.05) is 23.5 Å². The van der Waals surface area contributed by atoms with E-state index in [1.807, 2.05) is 0 Å². The van der Waals surface area contributed by atoms with Crippen molar-refractivity contribution in [3.05, 3.63) is 39.4 Å². The van der Waals surface area contributed by atoms with Crippen LogP contribution in [0.4, 0.5) is 5.69 Å². The van der Waals surface area contributed by atoms with E-state index in [0.29, 0.717) is 23.5 Å². The van der Waals surface area contributed by atoms with Crippen molar-refractivity contribution in [1.82, 2.24) is 4.90 Å². The van der Waals surface area contributed by atoms with Crippen molar-refractivity contribution >= 4 is 27.5 Å². The summed E-state index contributed by atoms with van der Waals surface area (Å²) >= 11 is 3.52. The van der Waals surface area contributed by atoms with E-state index in [1.54, 1.807) is 24.0 Å². The van der Waals surface area contributed by atoms with Gasteiger partial charge in [-0.15, -0.1) is 0 Å². The van der Waals surface area contributed by atoms with Crippen LogP contribution in [-0.4, -0.2) is 33.6 Å². The summed E-state index contributed by atoms with van der Waals surface area (Å²) in [6, 6.07) is 4.88. The van der Waals surface area contributed by atoms with E-state index in [-0.39, 0.29) is 17.2 Å². The van der Waals surface area contributed by atoms with E-state index in [0.717, 1.165) is 12.8 Å². The molecule has 6 heteroatoms. The highest BCUT2D eigenvalue weighted by atomic mass is 79.9. The molecule has 102 valence electrons. The number of benzene rings is 1. The molecular weight excluding hydrogens is 312 g/mol. The van der Waals surface area contributed by atoms with Gasteiger partial charge in [0.15, 0.2) is 0 Å². The van der Waals surface area contributed by atoms with Gasteiger partial charge in [0.25, 0.3) is 11.6 Å². The number of nitrogens with zero attached hydrogens (tertiary/aromatic N) is 2. The zero-order chi connectivity index (χ0) is 14.0. The topological polar surface area (TPSA) is 63.5 Å². The Balaban J connectivity index is 2.29. The van der Waals surface area contributed by atoms with Crippen molar-refractivity contribution in [2.75, 3.05) is 13.1 Å². The molecular formula is C13H15BrN2O3. The highest BCUT2D eigenvalue weighted by molar-refractivity contribution is 9.09. The number of aryl methyl sites for hydroxylation is 1. The zero-order valence-electron chi connectivity index (χ0n) is 10.6. The van der Waals surface area contributed by atoms with E-state index in [2.05, 4.69) is 15.9 Å². The third kappa shape index (κ3) is 2.94. The van der Waals surface area contributed by atoms with Gasteiger partial charge in [-0.3, -0.25) is 14.9 Å². The Bertz CT molecular complexity index is 511. The molecule has 5 nitrogen and oxygen atoms in total. The molecule has 1 fully saturated rings. The van der Waals surface area contributed by atoms with Gasteiger partial charge in [0.2, 0.25) is 0 Å². The first-order valence-electron chi connectivity index (χ1n) is 6.18. The number of carbonyl (C=O) groups is 1. The van der Waals surface area contributed by atoms with Gasteiger partial charge in [-0.25, -0.2) is 0 Å². The molecule has 1 heterocycles. The third-order valence-electron chi connectivity index (χ3n) is 3.36. The maximum Gasteiger partial charge on any atom is 0.285 e. The Morgan fingerprint density at radius 1 is 1.42 bits per heavy atom. The van der Waals surface area contributed by atoms with Crippen LogP contribution in [0.3, 0.4) is 0 Å². The second-order valence-electron chi connectivity index (χ2n) is 4.70. The van der Waals surface area contributed by atoms with Crippen molar-refractivity contribution in [1.29, 1.82) is 0 Å². The smallest absolute Gasteiger partial charge is 0.285 e. The van der Waals surface area contributed by atoms with Crippen LogP contribution in [0.15, 0.2) is 18.2 Å². The first-order chi connectivity index (χ1) is 9.00. The number of piperidine rings is 1. The highest BCUT2D eigenvalue weighted by Crippen LogP contribution is 2.26. The van der Waals surface area contributed by atoms with Gasteiger partial charge >= 0.3 is 0 Å². The van der Waals surface area contributed by atoms with Gasteiger partial charge in [0.05, 0.1) is 4.92 Å². The summed E-state index contributed by atoms with van der Waals surface area (Å²) in [6.07, 6.45) is 1.76. The number of nitro groups is 1. The molecule has 1 saturated heterocycles. The van der Waals surface area contributed by atoms with Gasteiger partial charge in [0.1, 0.15) is 5.56 Å². The molecule has 0 bridgehead atoms. The molecule has 0 N–H and O–H groups in total. The fourth-order valence-electron chi connectivity index (χ4n) is 2.30. The monoisotopic (exact) mass is 326 g/mol. The van der Waals surface area contributed by atoms with Gasteiger partial charge in [-0.2, -0.15) is 0 Å². The van der Waals surface area contributed by atoms with Crippen molar-refractivity contribution < 1.29 is 9.72 Å². The van der Waals surface area contributed by atoms with Crippen LogP contribution in [0.25, 0.3) is 0 Å². The molecule has 1 aromatic carbocycles. The van der Waals surface area contributed by atoms with E-state index in [4.69, 9.17) is 0 Å². The van der Waals surface area contributed by atoms with Crippen LogP contribution in [0, 0.1) is 17.0 Å². The first-order valence-corrected chi connectivity index (χ1v) is 7.09. The molecule has 0 aromatic heterocycles. The molecule has 19 heavy (non-hydrogen) atoms. The predicted molar refractivity (Wildman–Crippen MR) is 75.7 cm³/mol. The second kappa shape index (κ2) is 5.69. The number of nitro benzene ring substituents is 1. The van der Waals surface area contributed by atoms with Crippen molar-refractivity contribution in [2.24, 2.45) is 0 Å². The second-order valence-corrected chi connectivity index (χ2v) is 5.99. The fourth-order valence-corrected chi connectivity index (χ4v) is 2.70. The van der Waals surface area contributed by atoms with Crippen LogP contribution in [0.1, 0.15) is 28.8 Å². The third-order valence-corrected chi connectivity index (χ3v) is 4.28. The first kappa shape index (κ1) is 14.0. The number of carbonyl (C=O) groups excluding carboxylic acids is 1. The van der Waals surface area contributed by atoms with Crippen molar-refractivity contribution in [3.63, 3.8) is 0 Å². The molecule has 0 radical (unpaired) electrons. The van der Waals surface area contributed by atoms with Crippen LogP contribution in [-0.2, 0) is 0 Å². The Morgan fingerprint density at radius 2 is 2.05 bits per heavy atom. The van der Waals surface area contributed by atoms with Gasteiger partial charge < -0.3 is 4.90 Å². The Hall–Kier alpha value is -1.43. The number of para-hydroxylation sites is 1. The summed E-state index contributed by atoms with van der Waals surface area (Å²) in [5, 5.41) is 11.1. The Labute approximate surface area is 119 Å². The summed E-state index contributed by atoms with van der Waals surface area (Å²) in [5.41, 5.74) is 0.637. The van der Waals surface area contributed by atoms with Gasteiger partial charge in [-0.1, -0.05) is 28.1 Å². The lowest BCUT2D eigenvalue weighted by molar-refractivity contribution is -0.385. The van der Waals surface area contributed by atoms with Gasteiger partial charge in [-0.05, 0) is 25.8 Å². The van der Waals surface area contributed by atoms with Crippen LogP contribution in [0.2, 0.25) is 0 Å². The number of likely N-dealkylation sites (tertiary alicyclic amines) is 1. The lowest BCUT2D eigenvalue weighted by atomic mass is 10.0. The minimum Gasteiger partial charge on any atom is -0.338 e. The maximum absolute atomic E-state index is 12.4. The van der Waals surface area contributed by atoms with Crippen molar-refractivity contribution in [2.45, 2.75) is 24.6 Å². The summed E-state index contributed by atoms with van der Waals surface area (Å²) in [6.45, 7) is 2.93. The average molecular weight is 327 g/mol. The highest BCUT2D eigenvalue weighted by Gasteiger charge is 2.28. The molecule has 1 amide bonds. The summed E-state index contributed by atoms with van der Waals surface area (Å²) < 4.78 is 0. The van der Waals surface area contributed by atoms with Crippen molar-refractivity contribution in [3.8, 4) is 0 Å². The number of amides is 1. The SMILES string of the molecule is Cc1cccc(C(=O)N2CCC(Br)CC2)c1[N+](=O)[O-]. The van der Waals surface area contributed by atoms with E-state index in [1.165, 1.54) is 6.07 Å². The molecule has 2 rings (SSSR count). The molecule has 0 unspecified atom stereocenters. The number of rotatable bonds is 2. The summed E-state index contributed by atoms with van der Waals surface area (Å²) in [7, 11) is 0. The van der Waals surface area contributed by atoms with Crippen LogP contribution >= 0.6 is 15.9 Å². The molecule has 0 spiro atoms. The molecule has 1 aliphatic heterocycles. The molecule has 1 aliphatic rings. The van der Waals surface area contributed by atoms with E-state index >= 15 is 0 Å². The summed E-state index contributed by atoms with van der Waals surface area (Å²) in [5.74, 6) is -0.241. The largest absolute Gasteiger partial charge is 0.338 e. The lowest BCUT2D eigenvalue weighted by Gasteiger charge is -2.29. The van der Waals surface area contributed by atoms with E-state index < -0.39 is 4.92 Å². The lowest BCUT2D eigenvalue weighted by Crippen LogP contribution is -2.39. The minimum atomic E-state index is -0.472. The van der Waals surface area contributed by atoms with E-state index in [9.17, 15) is 14.9 Å².